The normalized spacial score (nSPS) is 10.8. The van der Waals surface area contributed by atoms with Gasteiger partial charge in [-0.1, -0.05) is 13.8 Å². The minimum atomic E-state index is 0.520. The largest absolute Gasteiger partial charge is 0.496 e. The third-order valence-corrected chi connectivity index (χ3v) is 4.59. The molecule has 0 radical (unpaired) electrons. The third kappa shape index (κ3) is 4.19. The number of hydrogen-bond acceptors (Lipinski definition) is 4. The van der Waals surface area contributed by atoms with Crippen LogP contribution in [0.2, 0.25) is 0 Å². The summed E-state index contributed by atoms with van der Waals surface area (Å²) in [7, 11) is 6.84. The second-order valence-electron chi connectivity index (χ2n) is 6.23. The van der Waals surface area contributed by atoms with Crippen LogP contribution in [0.1, 0.15) is 36.1 Å². The second kappa shape index (κ2) is 9.60. The van der Waals surface area contributed by atoms with E-state index in [1.54, 1.807) is 28.4 Å². The van der Waals surface area contributed by atoms with Gasteiger partial charge in [-0.25, -0.2) is 0 Å². The molecule has 0 spiro atoms. The van der Waals surface area contributed by atoms with Crippen molar-refractivity contribution in [3.8, 4) is 22.6 Å². The van der Waals surface area contributed by atoms with Gasteiger partial charge in [0.05, 0.1) is 27.4 Å². The quantitative estimate of drug-likeness (QED) is 0.646. The van der Waals surface area contributed by atoms with Crippen molar-refractivity contribution in [2.75, 3.05) is 28.4 Å². The summed E-state index contributed by atoms with van der Waals surface area (Å²) in [6.45, 7) is 5.32. The molecule has 26 heavy (non-hydrogen) atoms. The lowest BCUT2D eigenvalue weighted by atomic mass is 9.94. The average Bonchev–Trinajstić information content (AvgIpc) is 2.67. The summed E-state index contributed by atoms with van der Waals surface area (Å²) in [6.07, 6.45) is 1.80. The molecule has 0 amide bonds. The van der Waals surface area contributed by atoms with E-state index in [0.29, 0.717) is 13.2 Å². The standard InChI is InChI=1S/C22H30O4/c1-7-15-9-17(11-19(13-23-3)21(15)25-5)18-10-16(8-2)22(26-6)20(12-18)14-24-4/h9-12H,7-8,13-14H2,1-6H3. The molecule has 0 aliphatic carbocycles. The first kappa shape index (κ1) is 20.3. The van der Waals surface area contributed by atoms with Crippen LogP contribution in [-0.2, 0) is 35.5 Å². The maximum Gasteiger partial charge on any atom is 0.127 e. The molecule has 0 aliphatic rings. The van der Waals surface area contributed by atoms with E-state index < -0.39 is 0 Å². The Morgan fingerprint density at radius 3 is 1.19 bits per heavy atom. The van der Waals surface area contributed by atoms with Crippen molar-refractivity contribution in [2.24, 2.45) is 0 Å². The number of aryl methyl sites for hydroxylation is 2. The molecular formula is C22H30O4. The van der Waals surface area contributed by atoms with Gasteiger partial charge in [0.15, 0.2) is 0 Å². The van der Waals surface area contributed by atoms with Crippen molar-refractivity contribution < 1.29 is 18.9 Å². The van der Waals surface area contributed by atoms with Gasteiger partial charge in [0.25, 0.3) is 0 Å². The maximum absolute atomic E-state index is 5.63. The van der Waals surface area contributed by atoms with Crippen LogP contribution in [0, 0.1) is 0 Å². The van der Waals surface area contributed by atoms with Crippen LogP contribution in [0.4, 0.5) is 0 Å². The highest BCUT2D eigenvalue weighted by Crippen LogP contribution is 2.36. The third-order valence-electron chi connectivity index (χ3n) is 4.59. The van der Waals surface area contributed by atoms with Gasteiger partial charge in [-0.2, -0.15) is 0 Å². The summed E-state index contributed by atoms with van der Waals surface area (Å²) in [4.78, 5) is 0. The molecule has 2 rings (SSSR count). The van der Waals surface area contributed by atoms with Crippen molar-refractivity contribution >= 4 is 0 Å². The van der Waals surface area contributed by atoms with Crippen LogP contribution < -0.4 is 9.47 Å². The van der Waals surface area contributed by atoms with Crippen LogP contribution in [0.15, 0.2) is 24.3 Å². The molecule has 4 heteroatoms. The number of benzene rings is 2. The van der Waals surface area contributed by atoms with Crippen LogP contribution in [-0.4, -0.2) is 28.4 Å². The molecule has 0 heterocycles. The van der Waals surface area contributed by atoms with Crippen molar-refractivity contribution in [3.05, 3.63) is 46.5 Å². The Balaban J connectivity index is 2.66. The summed E-state index contributed by atoms with van der Waals surface area (Å²) in [6, 6.07) is 8.71. The highest BCUT2D eigenvalue weighted by molar-refractivity contribution is 5.70. The van der Waals surface area contributed by atoms with Crippen molar-refractivity contribution in [3.63, 3.8) is 0 Å². The van der Waals surface area contributed by atoms with Crippen LogP contribution in [0.5, 0.6) is 11.5 Å². The Morgan fingerprint density at radius 2 is 0.923 bits per heavy atom. The summed E-state index contributed by atoms with van der Waals surface area (Å²) >= 11 is 0. The smallest absolute Gasteiger partial charge is 0.127 e. The van der Waals surface area contributed by atoms with E-state index in [4.69, 9.17) is 18.9 Å². The highest BCUT2D eigenvalue weighted by atomic mass is 16.5. The van der Waals surface area contributed by atoms with Gasteiger partial charge in [-0.3, -0.25) is 0 Å². The van der Waals surface area contributed by atoms with Crippen molar-refractivity contribution in [1.29, 1.82) is 0 Å². The number of ether oxygens (including phenoxy) is 4. The lowest BCUT2D eigenvalue weighted by Crippen LogP contribution is -2.02. The molecule has 0 saturated heterocycles. The molecule has 4 nitrogen and oxygen atoms in total. The minimum Gasteiger partial charge on any atom is -0.496 e. The molecule has 0 unspecified atom stereocenters. The molecule has 0 aromatic heterocycles. The Bertz CT molecular complexity index is 674. The van der Waals surface area contributed by atoms with Crippen LogP contribution in [0.3, 0.4) is 0 Å². The molecule has 0 atom stereocenters. The van der Waals surface area contributed by atoms with Gasteiger partial charge in [0.2, 0.25) is 0 Å². The molecule has 142 valence electrons. The number of hydrogen-bond donors (Lipinski definition) is 0. The van der Waals surface area contributed by atoms with E-state index in [2.05, 4.69) is 38.1 Å². The van der Waals surface area contributed by atoms with Gasteiger partial charge >= 0.3 is 0 Å². The fourth-order valence-corrected chi connectivity index (χ4v) is 3.42. The zero-order valence-corrected chi connectivity index (χ0v) is 16.8. The van der Waals surface area contributed by atoms with Crippen LogP contribution >= 0.6 is 0 Å². The molecule has 2 aromatic rings. The monoisotopic (exact) mass is 358 g/mol. The molecule has 0 bridgehead atoms. The van der Waals surface area contributed by atoms with Gasteiger partial charge < -0.3 is 18.9 Å². The fourth-order valence-electron chi connectivity index (χ4n) is 3.42. The van der Waals surface area contributed by atoms with Crippen molar-refractivity contribution in [2.45, 2.75) is 39.9 Å². The SMILES string of the molecule is CCc1cc(-c2cc(CC)c(OC)c(COC)c2)cc(COC)c1OC. The van der Waals surface area contributed by atoms with Crippen LogP contribution in [0.25, 0.3) is 11.1 Å². The van der Waals surface area contributed by atoms with Crippen molar-refractivity contribution in [1.82, 2.24) is 0 Å². The predicted molar refractivity (Wildman–Crippen MR) is 105 cm³/mol. The van der Waals surface area contributed by atoms with Gasteiger partial charge in [-0.15, -0.1) is 0 Å². The van der Waals surface area contributed by atoms with Gasteiger partial charge in [0, 0.05) is 25.3 Å². The topological polar surface area (TPSA) is 36.9 Å². The molecule has 0 saturated carbocycles. The maximum atomic E-state index is 5.63. The lowest BCUT2D eigenvalue weighted by Gasteiger charge is -2.18. The summed E-state index contributed by atoms with van der Waals surface area (Å²) in [5.41, 5.74) is 6.80. The fraction of sp³-hybridized carbons (Fsp3) is 0.455. The average molecular weight is 358 g/mol. The van der Waals surface area contributed by atoms with E-state index in [-0.39, 0.29) is 0 Å². The molecule has 0 N–H and O–H groups in total. The zero-order valence-electron chi connectivity index (χ0n) is 16.8. The van der Waals surface area contributed by atoms with Gasteiger partial charge in [0.1, 0.15) is 11.5 Å². The second-order valence-corrected chi connectivity index (χ2v) is 6.23. The number of methoxy groups -OCH3 is 4. The molecule has 2 aromatic carbocycles. The Morgan fingerprint density at radius 1 is 0.577 bits per heavy atom. The van der Waals surface area contributed by atoms with Gasteiger partial charge in [-0.05, 0) is 59.4 Å². The first-order chi connectivity index (χ1) is 12.6. The minimum absolute atomic E-state index is 0.520. The summed E-state index contributed by atoms with van der Waals surface area (Å²) in [5.74, 6) is 1.83. The lowest BCUT2D eigenvalue weighted by molar-refractivity contribution is 0.181. The first-order valence-corrected chi connectivity index (χ1v) is 9.01. The molecule has 0 fully saturated rings. The first-order valence-electron chi connectivity index (χ1n) is 9.01. The molecule has 0 aliphatic heterocycles. The highest BCUT2D eigenvalue weighted by Gasteiger charge is 2.15. The number of rotatable bonds is 9. The molecular weight excluding hydrogens is 328 g/mol. The summed E-state index contributed by atoms with van der Waals surface area (Å²) in [5, 5.41) is 0. The van der Waals surface area contributed by atoms with E-state index in [1.807, 2.05) is 0 Å². The van der Waals surface area contributed by atoms with E-state index in [1.165, 1.54) is 11.1 Å². The van der Waals surface area contributed by atoms with E-state index in [0.717, 1.165) is 46.6 Å². The Kier molecular flexibility index (Phi) is 7.49. The van der Waals surface area contributed by atoms with E-state index >= 15 is 0 Å². The predicted octanol–water partition coefficient (Wildman–Crippen LogP) is 4.79. The zero-order chi connectivity index (χ0) is 19.1. The van der Waals surface area contributed by atoms with E-state index in [9.17, 15) is 0 Å². The Hall–Kier alpha value is -2.04. The summed E-state index contributed by atoms with van der Waals surface area (Å²) < 4.78 is 22.0. The Labute approximate surface area is 157 Å².